The topological polar surface area (TPSA) is 72.5 Å². The highest BCUT2D eigenvalue weighted by molar-refractivity contribution is 5.74. The first kappa shape index (κ1) is 17.2. The molecule has 0 bridgehead atoms. The minimum Gasteiger partial charge on any atom is -0.464 e. The van der Waals surface area contributed by atoms with Crippen molar-refractivity contribution in [3.63, 3.8) is 0 Å². The zero-order valence-electron chi connectivity index (χ0n) is 13.3. The number of aliphatic hydroxyl groups excluding tert-OH is 1. The SMILES string of the molecule is CCOC(=O)C(O)C[C@H](N)Cc1ccc(-c2ccccc2)cc1. The number of nitrogens with two attached hydrogens (primary N) is 1. The predicted molar refractivity (Wildman–Crippen MR) is 90.8 cm³/mol. The lowest BCUT2D eigenvalue weighted by Crippen LogP contribution is -2.33. The number of benzene rings is 2. The maximum Gasteiger partial charge on any atom is 0.335 e. The Morgan fingerprint density at radius 3 is 2.30 bits per heavy atom. The van der Waals surface area contributed by atoms with Gasteiger partial charge in [-0.15, -0.1) is 0 Å². The minimum atomic E-state index is -1.16. The van der Waals surface area contributed by atoms with E-state index in [2.05, 4.69) is 24.3 Å². The highest BCUT2D eigenvalue weighted by Gasteiger charge is 2.19. The van der Waals surface area contributed by atoms with Crippen LogP contribution in [0.25, 0.3) is 11.1 Å². The summed E-state index contributed by atoms with van der Waals surface area (Å²) in [7, 11) is 0. The summed E-state index contributed by atoms with van der Waals surface area (Å²) in [5, 5.41) is 9.74. The fraction of sp³-hybridized carbons (Fsp3) is 0.316. The summed E-state index contributed by atoms with van der Waals surface area (Å²) in [6.07, 6.45) is -0.362. The molecule has 0 aliphatic rings. The molecule has 1 unspecified atom stereocenters. The molecule has 4 heteroatoms. The average Bonchev–Trinajstić information content (AvgIpc) is 2.56. The van der Waals surface area contributed by atoms with Gasteiger partial charge >= 0.3 is 5.97 Å². The molecule has 0 amide bonds. The first-order chi connectivity index (χ1) is 11.1. The molecule has 0 aliphatic carbocycles. The van der Waals surface area contributed by atoms with Crippen LogP contribution in [0.5, 0.6) is 0 Å². The van der Waals surface area contributed by atoms with Crippen molar-refractivity contribution in [2.24, 2.45) is 5.73 Å². The van der Waals surface area contributed by atoms with Crippen LogP contribution in [0, 0.1) is 0 Å². The van der Waals surface area contributed by atoms with Gasteiger partial charge in [0.1, 0.15) is 0 Å². The van der Waals surface area contributed by atoms with Gasteiger partial charge < -0.3 is 15.6 Å². The number of rotatable bonds is 7. The quantitative estimate of drug-likeness (QED) is 0.771. The van der Waals surface area contributed by atoms with Gasteiger partial charge in [-0.3, -0.25) is 0 Å². The van der Waals surface area contributed by atoms with E-state index < -0.39 is 12.1 Å². The first-order valence-corrected chi connectivity index (χ1v) is 7.84. The third kappa shape index (κ3) is 5.20. The summed E-state index contributed by atoms with van der Waals surface area (Å²) in [6, 6.07) is 18.0. The van der Waals surface area contributed by atoms with Gasteiger partial charge in [-0.25, -0.2) is 4.79 Å². The Hall–Kier alpha value is -2.17. The second kappa shape index (κ2) is 8.46. The fourth-order valence-electron chi connectivity index (χ4n) is 2.47. The smallest absolute Gasteiger partial charge is 0.335 e. The average molecular weight is 313 g/mol. The van der Waals surface area contributed by atoms with Crippen molar-refractivity contribution in [3.8, 4) is 11.1 Å². The van der Waals surface area contributed by atoms with Gasteiger partial charge in [0, 0.05) is 6.04 Å². The first-order valence-electron chi connectivity index (χ1n) is 7.84. The summed E-state index contributed by atoms with van der Waals surface area (Å²) >= 11 is 0. The third-order valence-corrected chi connectivity index (χ3v) is 3.64. The summed E-state index contributed by atoms with van der Waals surface area (Å²) in [4.78, 5) is 11.4. The molecule has 0 heterocycles. The van der Waals surface area contributed by atoms with Crippen molar-refractivity contribution in [1.82, 2.24) is 0 Å². The highest BCUT2D eigenvalue weighted by Crippen LogP contribution is 2.20. The van der Waals surface area contributed by atoms with Crippen molar-refractivity contribution in [2.75, 3.05) is 6.61 Å². The van der Waals surface area contributed by atoms with E-state index in [-0.39, 0.29) is 19.1 Å². The highest BCUT2D eigenvalue weighted by atomic mass is 16.5. The second-order valence-corrected chi connectivity index (χ2v) is 5.53. The predicted octanol–water partition coefficient (Wildman–Crippen LogP) is 2.54. The van der Waals surface area contributed by atoms with Crippen LogP contribution in [-0.4, -0.2) is 29.8 Å². The van der Waals surface area contributed by atoms with Crippen LogP contribution in [0.15, 0.2) is 54.6 Å². The maximum atomic E-state index is 11.4. The van der Waals surface area contributed by atoms with Crippen molar-refractivity contribution >= 4 is 5.97 Å². The largest absolute Gasteiger partial charge is 0.464 e. The van der Waals surface area contributed by atoms with Gasteiger partial charge in [0.05, 0.1) is 6.61 Å². The number of carbonyl (C=O) groups is 1. The van der Waals surface area contributed by atoms with Gasteiger partial charge in [0.15, 0.2) is 6.10 Å². The Bertz CT molecular complexity index is 610. The number of hydrogen-bond donors (Lipinski definition) is 2. The van der Waals surface area contributed by atoms with Crippen molar-refractivity contribution in [1.29, 1.82) is 0 Å². The molecule has 0 saturated carbocycles. The van der Waals surface area contributed by atoms with Crippen LogP contribution < -0.4 is 5.73 Å². The molecule has 4 nitrogen and oxygen atoms in total. The standard InChI is InChI=1S/C19H23NO3/c1-2-23-19(22)18(21)13-17(20)12-14-8-10-16(11-9-14)15-6-4-3-5-7-15/h3-11,17-18,21H,2,12-13,20H2,1H3/t17-,18?/m1/s1. The van der Waals surface area contributed by atoms with Crippen LogP contribution >= 0.6 is 0 Å². The summed E-state index contributed by atoms with van der Waals surface area (Å²) in [5.74, 6) is -0.609. The molecule has 0 spiro atoms. The van der Waals surface area contributed by atoms with E-state index in [1.807, 2.05) is 30.3 Å². The molecule has 2 aromatic rings. The van der Waals surface area contributed by atoms with Crippen LogP contribution in [0.4, 0.5) is 0 Å². The number of carbonyl (C=O) groups excluding carboxylic acids is 1. The lowest BCUT2D eigenvalue weighted by atomic mass is 9.98. The summed E-state index contributed by atoms with van der Waals surface area (Å²) in [5.41, 5.74) is 9.41. The van der Waals surface area contributed by atoms with E-state index in [0.29, 0.717) is 6.42 Å². The van der Waals surface area contributed by atoms with Gasteiger partial charge in [-0.2, -0.15) is 0 Å². The third-order valence-electron chi connectivity index (χ3n) is 3.64. The Morgan fingerprint density at radius 1 is 1.09 bits per heavy atom. The van der Waals surface area contributed by atoms with Crippen LogP contribution in [0.3, 0.4) is 0 Å². The molecule has 2 aromatic carbocycles. The van der Waals surface area contributed by atoms with Crippen LogP contribution in [0.2, 0.25) is 0 Å². The van der Waals surface area contributed by atoms with Crippen molar-refractivity contribution in [3.05, 3.63) is 60.2 Å². The lowest BCUT2D eigenvalue weighted by molar-refractivity contribution is -0.153. The molecule has 2 rings (SSSR count). The Morgan fingerprint density at radius 2 is 1.70 bits per heavy atom. The molecule has 0 aliphatic heterocycles. The van der Waals surface area contributed by atoms with E-state index in [1.54, 1.807) is 6.92 Å². The van der Waals surface area contributed by atoms with E-state index in [9.17, 15) is 9.90 Å². The van der Waals surface area contributed by atoms with E-state index >= 15 is 0 Å². The zero-order chi connectivity index (χ0) is 16.7. The van der Waals surface area contributed by atoms with E-state index in [0.717, 1.165) is 11.1 Å². The second-order valence-electron chi connectivity index (χ2n) is 5.53. The number of aliphatic hydroxyl groups is 1. The normalized spacial score (nSPS) is 13.3. The molecule has 122 valence electrons. The molecular weight excluding hydrogens is 290 g/mol. The van der Waals surface area contributed by atoms with Gasteiger partial charge in [0.25, 0.3) is 0 Å². The molecule has 0 saturated heterocycles. The Balaban J connectivity index is 1.92. The molecule has 2 atom stereocenters. The number of hydrogen-bond acceptors (Lipinski definition) is 4. The fourth-order valence-corrected chi connectivity index (χ4v) is 2.47. The molecule has 23 heavy (non-hydrogen) atoms. The molecule has 0 radical (unpaired) electrons. The lowest BCUT2D eigenvalue weighted by Gasteiger charge is -2.15. The van der Waals surface area contributed by atoms with E-state index in [1.165, 1.54) is 5.56 Å². The number of ether oxygens (including phenoxy) is 1. The maximum absolute atomic E-state index is 11.4. The minimum absolute atomic E-state index is 0.194. The number of esters is 1. The molecule has 3 N–H and O–H groups in total. The zero-order valence-corrected chi connectivity index (χ0v) is 13.3. The van der Waals surface area contributed by atoms with Gasteiger partial charge in [0.2, 0.25) is 0 Å². The van der Waals surface area contributed by atoms with Crippen molar-refractivity contribution in [2.45, 2.75) is 31.9 Å². The van der Waals surface area contributed by atoms with Crippen LogP contribution in [-0.2, 0) is 16.0 Å². The van der Waals surface area contributed by atoms with E-state index in [4.69, 9.17) is 10.5 Å². The van der Waals surface area contributed by atoms with Crippen LogP contribution in [0.1, 0.15) is 18.9 Å². The van der Waals surface area contributed by atoms with Gasteiger partial charge in [-0.1, -0.05) is 54.6 Å². The Kier molecular flexibility index (Phi) is 6.32. The molecule has 0 aromatic heterocycles. The van der Waals surface area contributed by atoms with Gasteiger partial charge in [-0.05, 0) is 36.5 Å². The Labute approximate surface area is 136 Å². The summed E-state index contributed by atoms with van der Waals surface area (Å²) in [6.45, 7) is 1.96. The monoisotopic (exact) mass is 313 g/mol. The molecule has 0 fully saturated rings. The van der Waals surface area contributed by atoms with Crippen molar-refractivity contribution < 1.29 is 14.6 Å². The molecular formula is C19H23NO3. The summed E-state index contributed by atoms with van der Waals surface area (Å²) < 4.78 is 4.77.